The molecular formula is C15H18N2O4. The van der Waals surface area contributed by atoms with Crippen molar-refractivity contribution < 1.29 is 19.4 Å². The zero-order valence-corrected chi connectivity index (χ0v) is 12.2. The third-order valence-corrected chi connectivity index (χ3v) is 2.79. The molecule has 1 aliphatic heterocycles. The molecule has 0 bridgehead atoms. The fourth-order valence-electron chi connectivity index (χ4n) is 1.97. The van der Waals surface area contributed by atoms with Crippen LogP contribution < -0.4 is 10.6 Å². The predicted octanol–water partition coefficient (Wildman–Crippen LogP) is 2.93. The Morgan fingerprint density at radius 1 is 1.33 bits per heavy atom. The molecule has 1 aliphatic rings. The maximum Gasteiger partial charge on any atom is 0.412 e. The molecule has 0 aromatic heterocycles. The summed E-state index contributed by atoms with van der Waals surface area (Å²) in [6.45, 7) is 5.56. The Bertz CT molecular complexity index is 615. The zero-order valence-electron chi connectivity index (χ0n) is 12.2. The van der Waals surface area contributed by atoms with E-state index in [4.69, 9.17) is 9.84 Å². The second-order valence-corrected chi connectivity index (χ2v) is 5.72. The SMILES string of the molecule is CC(C)(C)OC(=O)Nc1cccc2c1NCC(C(=O)O)=C2. The summed E-state index contributed by atoms with van der Waals surface area (Å²) in [6, 6.07) is 5.26. The van der Waals surface area contributed by atoms with Gasteiger partial charge < -0.3 is 15.2 Å². The lowest BCUT2D eigenvalue weighted by Crippen LogP contribution is -2.28. The van der Waals surface area contributed by atoms with Crippen molar-refractivity contribution in [2.24, 2.45) is 0 Å². The van der Waals surface area contributed by atoms with E-state index in [0.29, 0.717) is 16.9 Å². The van der Waals surface area contributed by atoms with Crippen LogP contribution in [0.5, 0.6) is 0 Å². The van der Waals surface area contributed by atoms with Gasteiger partial charge in [-0.2, -0.15) is 0 Å². The fraction of sp³-hybridized carbons (Fsp3) is 0.333. The molecule has 6 heteroatoms. The van der Waals surface area contributed by atoms with Crippen LogP contribution in [0.15, 0.2) is 23.8 Å². The van der Waals surface area contributed by atoms with Crippen molar-refractivity contribution in [3.8, 4) is 0 Å². The Kier molecular flexibility index (Phi) is 3.88. The molecule has 0 spiro atoms. The quantitative estimate of drug-likeness (QED) is 0.779. The summed E-state index contributed by atoms with van der Waals surface area (Å²) in [6.07, 6.45) is 1.04. The molecule has 0 fully saturated rings. The van der Waals surface area contributed by atoms with Crippen LogP contribution in [-0.4, -0.2) is 29.3 Å². The van der Waals surface area contributed by atoms with E-state index in [-0.39, 0.29) is 12.1 Å². The molecule has 0 atom stereocenters. The van der Waals surface area contributed by atoms with Gasteiger partial charge in [0.1, 0.15) is 5.60 Å². The van der Waals surface area contributed by atoms with Crippen LogP contribution in [0.3, 0.4) is 0 Å². The van der Waals surface area contributed by atoms with Crippen LogP contribution in [0.25, 0.3) is 6.08 Å². The summed E-state index contributed by atoms with van der Waals surface area (Å²) in [5.74, 6) is -0.960. The first-order valence-electron chi connectivity index (χ1n) is 6.57. The first-order valence-corrected chi connectivity index (χ1v) is 6.57. The van der Waals surface area contributed by atoms with E-state index in [0.717, 1.165) is 0 Å². The predicted molar refractivity (Wildman–Crippen MR) is 80.4 cm³/mol. The van der Waals surface area contributed by atoms with Gasteiger partial charge in [0.05, 0.1) is 16.9 Å². The van der Waals surface area contributed by atoms with Crippen LogP contribution in [0.4, 0.5) is 16.2 Å². The van der Waals surface area contributed by atoms with E-state index in [1.54, 1.807) is 45.0 Å². The monoisotopic (exact) mass is 290 g/mol. The number of hydrogen-bond acceptors (Lipinski definition) is 4. The molecule has 3 N–H and O–H groups in total. The number of ether oxygens (including phenoxy) is 1. The van der Waals surface area contributed by atoms with Crippen molar-refractivity contribution in [3.05, 3.63) is 29.3 Å². The Morgan fingerprint density at radius 2 is 2.05 bits per heavy atom. The number of carboxylic acids is 1. The number of aliphatic carboxylic acids is 1. The smallest absolute Gasteiger partial charge is 0.412 e. The Balaban J connectivity index is 2.23. The van der Waals surface area contributed by atoms with Crippen molar-refractivity contribution in [3.63, 3.8) is 0 Å². The van der Waals surface area contributed by atoms with Gasteiger partial charge in [0.25, 0.3) is 0 Å². The molecule has 2 rings (SSSR count). The number of amides is 1. The van der Waals surface area contributed by atoms with Crippen molar-refractivity contribution in [1.29, 1.82) is 0 Å². The first kappa shape index (κ1) is 14.9. The highest BCUT2D eigenvalue weighted by Gasteiger charge is 2.20. The molecule has 0 radical (unpaired) electrons. The minimum absolute atomic E-state index is 0.204. The van der Waals surface area contributed by atoms with Crippen LogP contribution in [0, 0.1) is 0 Å². The minimum atomic E-state index is -0.960. The van der Waals surface area contributed by atoms with E-state index in [1.165, 1.54) is 0 Å². The van der Waals surface area contributed by atoms with Crippen molar-refractivity contribution in [2.45, 2.75) is 26.4 Å². The van der Waals surface area contributed by atoms with Crippen molar-refractivity contribution >= 4 is 29.5 Å². The molecule has 112 valence electrons. The molecule has 0 saturated heterocycles. The van der Waals surface area contributed by atoms with Gasteiger partial charge in [0.2, 0.25) is 0 Å². The van der Waals surface area contributed by atoms with E-state index >= 15 is 0 Å². The van der Waals surface area contributed by atoms with Gasteiger partial charge in [-0.1, -0.05) is 12.1 Å². The summed E-state index contributed by atoms with van der Waals surface area (Å²) < 4.78 is 5.20. The molecule has 6 nitrogen and oxygen atoms in total. The van der Waals surface area contributed by atoms with E-state index < -0.39 is 17.7 Å². The van der Waals surface area contributed by atoms with Gasteiger partial charge >= 0.3 is 12.1 Å². The standard InChI is InChI=1S/C15H18N2O4/c1-15(2,3)21-14(20)17-11-6-4-5-9-7-10(13(18)19)8-16-12(9)11/h4-7,16H,8H2,1-3H3,(H,17,20)(H,18,19). The molecule has 0 unspecified atom stereocenters. The number of fused-ring (bicyclic) bond motifs is 1. The van der Waals surface area contributed by atoms with Crippen LogP contribution in [-0.2, 0) is 9.53 Å². The Hall–Kier alpha value is -2.50. The van der Waals surface area contributed by atoms with E-state index in [2.05, 4.69) is 10.6 Å². The maximum absolute atomic E-state index is 11.8. The molecular weight excluding hydrogens is 272 g/mol. The van der Waals surface area contributed by atoms with Gasteiger partial charge in [-0.3, -0.25) is 5.32 Å². The first-order chi connectivity index (χ1) is 9.76. The maximum atomic E-state index is 11.8. The van der Waals surface area contributed by atoms with Gasteiger partial charge in [-0.05, 0) is 32.9 Å². The van der Waals surface area contributed by atoms with Crippen LogP contribution in [0.2, 0.25) is 0 Å². The second kappa shape index (κ2) is 5.47. The second-order valence-electron chi connectivity index (χ2n) is 5.72. The highest BCUT2D eigenvalue weighted by atomic mass is 16.6. The van der Waals surface area contributed by atoms with E-state index in [9.17, 15) is 9.59 Å². The number of carboxylic acid groups (broad SMARTS) is 1. The normalized spacial score (nSPS) is 13.6. The summed E-state index contributed by atoms with van der Waals surface area (Å²) in [4.78, 5) is 22.8. The van der Waals surface area contributed by atoms with Crippen molar-refractivity contribution in [2.75, 3.05) is 17.2 Å². The topological polar surface area (TPSA) is 87.7 Å². The molecule has 21 heavy (non-hydrogen) atoms. The minimum Gasteiger partial charge on any atom is -0.478 e. The average Bonchev–Trinajstić information content (AvgIpc) is 2.36. The van der Waals surface area contributed by atoms with Gasteiger partial charge in [0, 0.05) is 12.1 Å². The third-order valence-electron chi connectivity index (χ3n) is 2.79. The molecule has 1 aromatic carbocycles. The average molecular weight is 290 g/mol. The number of hydrogen-bond donors (Lipinski definition) is 3. The lowest BCUT2D eigenvalue weighted by atomic mass is 10.0. The molecule has 1 aromatic rings. The molecule has 0 aliphatic carbocycles. The Labute approximate surface area is 122 Å². The van der Waals surface area contributed by atoms with Gasteiger partial charge in [0.15, 0.2) is 0 Å². The summed E-state index contributed by atoms with van der Waals surface area (Å²) in [7, 11) is 0. The highest BCUT2D eigenvalue weighted by Crippen LogP contribution is 2.31. The molecule has 1 amide bonds. The number of para-hydroxylation sites is 1. The highest BCUT2D eigenvalue weighted by molar-refractivity contribution is 5.99. The number of carbonyl (C=O) groups excluding carboxylic acids is 1. The zero-order chi connectivity index (χ0) is 15.6. The number of nitrogens with one attached hydrogen (secondary N) is 2. The van der Waals surface area contributed by atoms with Gasteiger partial charge in [-0.25, -0.2) is 9.59 Å². The largest absolute Gasteiger partial charge is 0.478 e. The third kappa shape index (κ3) is 3.75. The lowest BCUT2D eigenvalue weighted by Gasteiger charge is -2.23. The molecule has 1 heterocycles. The Morgan fingerprint density at radius 3 is 2.67 bits per heavy atom. The number of rotatable bonds is 2. The van der Waals surface area contributed by atoms with Crippen molar-refractivity contribution in [1.82, 2.24) is 0 Å². The molecule has 0 saturated carbocycles. The summed E-state index contributed by atoms with van der Waals surface area (Å²) in [5.41, 5.74) is 1.66. The number of anilines is 2. The lowest BCUT2D eigenvalue weighted by molar-refractivity contribution is -0.132. The fourth-order valence-corrected chi connectivity index (χ4v) is 1.97. The summed E-state index contributed by atoms with van der Waals surface area (Å²) >= 11 is 0. The van der Waals surface area contributed by atoms with Crippen LogP contribution in [0.1, 0.15) is 26.3 Å². The number of benzene rings is 1. The van der Waals surface area contributed by atoms with Crippen LogP contribution >= 0.6 is 0 Å². The van der Waals surface area contributed by atoms with Gasteiger partial charge in [-0.15, -0.1) is 0 Å². The summed E-state index contributed by atoms with van der Waals surface area (Å²) in [5, 5.41) is 14.7. The number of carbonyl (C=O) groups is 2. The van der Waals surface area contributed by atoms with E-state index in [1.807, 2.05) is 0 Å².